The molecular formula is C22H26O5. The molecule has 2 unspecified atom stereocenters. The maximum Gasteiger partial charge on any atom is 0.303 e. The maximum absolute atomic E-state index is 10.9. The van der Waals surface area contributed by atoms with E-state index in [1.54, 1.807) is 0 Å². The lowest BCUT2D eigenvalue weighted by Crippen LogP contribution is -2.07. The Morgan fingerprint density at radius 1 is 1.07 bits per heavy atom. The molecule has 3 rings (SSSR count). The first-order valence-corrected chi connectivity index (χ1v) is 9.42. The first kappa shape index (κ1) is 19.2. The molecule has 0 bridgehead atoms. The number of aliphatic hydroxyl groups is 1. The number of carboxylic acids is 1. The molecule has 2 aromatic carbocycles. The van der Waals surface area contributed by atoms with Crippen molar-refractivity contribution in [2.75, 3.05) is 6.79 Å². The van der Waals surface area contributed by atoms with Gasteiger partial charge in [0.15, 0.2) is 11.5 Å². The molecule has 0 aromatic heterocycles. The molecule has 27 heavy (non-hydrogen) atoms. The molecular weight excluding hydrogens is 344 g/mol. The predicted octanol–water partition coefficient (Wildman–Crippen LogP) is 4.44. The SMILES string of the molecule is CC(CCCC(=O)O)c1cc2c(cc1C(O)CCc1ccccc1)OCO2. The van der Waals surface area contributed by atoms with Gasteiger partial charge in [-0.05, 0) is 60.4 Å². The van der Waals surface area contributed by atoms with Crippen molar-refractivity contribution in [3.63, 3.8) is 0 Å². The Morgan fingerprint density at radius 3 is 2.41 bits per heavy atom. The fraction of sp³-hybridized carbons (Fsp3) is 0.409. The van der Waals surface area contributed by atoms with Crippen LogP contribution in [0.5, 0.6) is 11.5 Å². The van der Waals surface area contributed by atoms with Crippen LogP contribution in [0, 0.1) is 0 Å². The lowest BCUT2D eigenvalue weighted by Gasteiger charge is -2.21. The van der Waals surface area contributed by atoms with Crippen molar-refractivity contribution in [3.05, 3.63) is 59.2 Å². The summed E-state index contributed by atoms with van der Waals surface area (Å²) in [6, 6.07) is 13.9. The van der Waals surface area contributed by atoms with Gasteiger partial charge in [-0.1, -0.05) is 37.3 Å². The molecule has 1 aliphatic rings. The average Bonchev–Trinajstić information content (AvgIpc) is 3.13. The standard InChI is InChI=1S/C22H26O5/c1-15(6-5-9-22(24)25)17-12-20-21(27-14-26-20)13-18(17)19(23)11-10-16-7-3-2-4-8-16/h2-4,7-8,12-13,15,19,23H,5-6,9-11,14H2,1H3,(H,24,25). The van der Waals surface area contributed by atoms with Crippen LogP contribution in [0.3, 0.4) is 0 Å². The van der Waals surface area contributed by atoms with E-state index < -0.39 is 12.1 Å². The van der Waals surface area contributed by atoms with E-state index in [1.807, 2.05) is 30.3 Å². The topological polar surface area (TPSA) is 76.0 Å². The van der Waals surface area contributed by atoms with Gasteiger partial charge in [0.2, 0.25) is 6.79 Å². The molecule has 0 saturated carbocycles. The third-order valence-electron chi connectivity index (χ3n) is 5.05. The molecule has 0 aliphatic carbocycles. The summed E-state index contributed by atoms with van der Waals surface area (Å²) in [5.41, 5.74) is 3.04. The number of rotatable bonds is 9. The molecule has 144 valence electrons. The highest BCUT2D eigenvalue weighted by Crippen LogP contribution is 2.41. The largest absolute Gasteiger partial charge is 0.481 e. The number of hydrogen-bond donors (Lipinski definition) is 2. The first-order valence-electron chi connectivity index (χ1n) is 9.42. The van der Waals surface area contributed by atoms with Gasteiger partial charge in [-0.15, -0.1) is 0 Å². The quantitative estimate of drug-likeness (QED) is 0.682. The van der Waals surface area contributed by atoms with Crippen LogP contribution in [0.1, 0.15) is 61.3 Å². The number of aliphatic carboxylic acids is 1. The van der Waals surface area contributed by atoms with Gasteiger partial charge in [-0.25, -0.2) is 0 Å². The highest BCUT2D eigenvalue weighted by molar-refractivity contribution is 5.66. The lowest BCUT2D eigenvalue weighted by atomic mass is 9.87. The van der Waals surface area contributed by atoms with E-state index in [0.29, 0.717) is 24.3 Å². The van der Waals surface area contributed by atoms with Crippen molar-refractivity contribution < 1.29 is 24.5 Å². The second-order valence-corrected chi connectivity index (χ2v) is 7.06. The van der Waals surface area contributed by atoms with Gasteiger partial charge in [-0.3, -0.25) is 4.79 Å². The van der Waals surface area contributed by atoms with Crippen molar-refractivity contribution >= 4 is 5.97 Å². The van der Waals surface area contributed by atoms with Crippen molar-refractivity contribution in [1.82, 2.24) is 0 Å². The number of aliphatic hydroxyl groups excluding tert-OH is 1. The fourth-order valence-corrected chi connectivity index (χ4v) is 3.51. The van der Waals surface area contributed by atoms with Gasteiger partial charge in [0.1, 0.15) is 0 Å². The first-order chi connectivity index (χ1) is 13.0. The summed E-state index contributed by atoms with van der Waals surface area (Å²) in [6.07, 6.45) is 2.27. The summed E-state index contributed by atoms with van der Waals surface area (Å²) in [5.74, 6) is 0.690. The molecule has 2 N–H and O–H groups in total. The van der Waals surface area contributed by atoms with Crippen LogP contribution in [0.15, 0.2) is 42.5 Å². The molecule has 1 aliphatic heterocycles. The minimum Gasteiger partial charge on any atom is -0.481 e. The Bertz CT molecular complexity index is 772. The van der Waals surface area contributed by atoms with Crippen molar-refractivity contribution in [1.29, 1.82) is 0 Å². The molecule has 0 saturated heterocycles. The van der Waals surface area contributed by atoms with Crippen LogP contribution in [0.4, 0.5) is 0 Å². The van der Waals surface area contributed by atoms with Gasteiger partial charge < -0.3 is 19.7 Å². The minimum absolute atomic E-state index is 0.125. The summed E-state index contributed by atoms with van der Waals surface area (Å²) in [6.45, 7) is 2.25. The Balaban J connectivity index is 1.76. The highest BCUT2D eigenvalue weighted by Gasteiger charge is 2.23. The van der Waals surface area contributed by atoms with E-state index in [4.69, 9.17) is 14.6 Å². The molecule has 1 heterocycles. The molecule has 2 atom stereocenters. The zero-order chi connectivity index (χ0) is 19.2. The maximum atomic E-state index is 10.9. The molecule has 0 radical (unpaired) electrons. The zero-order valence-electron chi connectivity index (χ0n) is 15.6. The molecule has 0 fully saturated rings. The minimum atomic E-state index is -0.781. The number of carbonyl (C=O) groups is 1. The van der Waals surface area contributed by atoms with E-state index >= 15 is 0 Å². The summed E-state index contributed by atoms with van der Waals surface area (Å²) in [4.78, 5) is 10.8. The Hall–Kier alpha value is -2.53. The van der Waals surface area contributed by atoms with Crippen molar-refractivity contribution in [3.8, 4) is 11.5 Å². The lowest BCUT2D eigenvalue weighted by molar-refractivity contribution is -0.137. The van der Waals surface area contributed by atoms with E-state index in [-0.39, 0.29) is 19.1 Å². The molecule has 2 aromatic rings. The predicted molar refractivity (Wildman–Crippen MR) is 102 cm³/mol. The van der Waals surface area contributed by atoms with Crippen molar-refractivity contribution in [2.45, 2.75) is 51.0 Å². The second-order valence-electron chi connectivity index (χ2n) is 7.06. The monoisotopic (exact) mass is 370 g/mol. The summed E-state index contributed by atoms with van der Waals surface area (Å²) >= 11 is 0. The van der Waals surface area contributed by atoms with Crippen LogP contribution < -0.4 is 9.47 Å². The van der Waals surface area contributed by atoms with E-state index in [2.05, 4.69) is 19.1 Å². The Morgan fingerprint density at radius 2 is 1.74 bits per heavy atom. The Labute approximate surface area is 159 Å². The number of carboxylic acid groups (broad SMARTS) is 1. The van der Waals surface area contributed by atoms with Crippen LogP contribution in [0.2, 0.25) is 0 Å². The summed E-state index contributed by atoms with van der Waals surface area (Å²) in [5, 5.41) is 19.7. The number of benzene rings is 2. The molecule has 0 amide bonds. The molecule has 0 spiro atoms. The Kier molecular flexibility index (Phi) is 6.35. The van der Waals surface area contributed by atoms with Gasteiger partial charge in [-0.2, -0.15) is 0 Å². The van der Waals surface area contributed by atoms with Crippen LogP contribution in [-0.4, -0.2) is 23.0 Å². The summed E-state index contributed by atoms with van der Waals surface area (Å²) in [7, 11) is 0. The molecule has 5 nitrogen and oxygen atoms in total. The third kappa shape index (κ3) is 5.01. The normalized spacial score (nSPS) is 14.7. The third-order valence-corrected chi connectivity index (χ3v) is 5.05. The molecule has 5 heteroatoms. The number of hydrogen-bond acceptors (Lipinski definition) is 4. The van der Waals surface area contributed by atoms with Gasteiger partial charge in [0, 0.05) is 6.42 Å². The number of fused-ring (bicyclic) bond motifs is 1. The van der Waals surface area contributed by atoms with Gasteiger partial charge in [0.25, 0.3) is 0 Å². The van der Waals surface area contributed by atoms with Crippen molar-refractivity contribution in [2.24, 2.45) is 0 Å². The zero-order valence-corrected chi connectivity index (χ0v) is 15.6. The number of aryl methyl sites for hydroxylation is 1. The highest BCUT2D eigenvalue weighted by atomic mass is 16.7. The second kappa shape index (κ2) is 8.91. The smallest absolute Gasteiger partial charge is 0.303 e. The van der Waals surface area contributed by atoms with E-state index in [9.17, 15) is 9.90 Å². The van der Waals surface area contributed by atoms with Crippen LogP contribution in [-0.2, 0) is 11.2 Å². The fourth-order valence-electron chi connectivity index (χ4n) is 3.51. The number of ether oxygens (including phenoxy) is 2. The van der Waals surface area contributed by atoms with E-state index in [0.717, 1.165) is 24.0 Å². The van der Waals surface area contributed by atoms with E-state index in [1.165, 1.54) is 5.56 Å². The van der Waals surface area contributed by atoms with Crippen LogP contribution >= 0.6 is 0 Å². The summed E-state index contributed by atoms with van der Waals surface area (Å²) < 4.78 is 11.0. The van der Waals surface area contributed by atoms with Crippen LogP contribution in [0.25, 0.3) is 0 Å². The van der Waals surface area contributed by atoms with Gasteiger partial charge in [0.05, 0.1) is 6.10 Å². The average molecular weight is 370 g/mol. The van der Waals surface area contributed by atoms with Gasteiger partial charge >= 0.3 is 5.97 Å².